The summed E-state index contributed by atoms with van der Waals surface area (Å²) < 4.78 is 28.9. The van der Waals surface area contributed by atoms with E-state index in [4.69, 9.17) is 5.73 Å². The predicted octanol–water partition coefficient (Wildman–Crippen LogP) is 2.97. The number of primary amides is 1. The Kier molecular flexibility index (Phi) is 5.89. The number of aromatic nitrogens is 3. The van der Waals surface area contributed by atoms with Gasteiger partial charge in [0.1, 0.15) is 23.7 Å². The molecule has 162 valence electrons. The lowest BCUT2D eigenvalue weighted by molar-refractivity contribution is -0.119. The highest BCUT2D eigenvalue weighted by atomic mass is 19.1. The molecular weight excluding hydrogens is 416 g/mol. The molecule has 2 N–H and O–H groups in total. The van der Waals surface area contributed by atoms with E-state index in [2.05, 4.69) is 10.3 Å². The summed E-state index contributed by atoms with van der Waals surface area (Å²) >= 11 is 0. The maximum atomic E-state index is 13.7. The second kappa shape index (κ2) is 8.93. The Morgan fingerprint density at radius 1 is 0.938 bits per heavy atom. The van der Waals surface area contributed by atoms with Crippen LogP contribution in [0.1, 0.15) is 11.1 Å². The number of halogens is 2. The molecule has 0 fully saturated rings. The van der Waals surface area contributed by atoms with Crippen LogP contribution in [-0.2, 0) is 29.1 Å². The van der Waals surface area contributed by atoms with Crippen molar-refractivity contribution in [2.75, 3.05) is 4.90 Å². The summed E-state index contributed by atoms with van der Waals surface area (Å²) in [6.45, 7) is -0.184. The molecule has 1 heterocycles. The zero-order valence-corrected chi connectivity index (χ0v) is 16.9. The average molecular weight is 435 g/mol. The van der Waals surface area contributed by atoms with E-state index in [1.54, 1.807) is 36.4 Å². The highest BCUT2D eigenvalue weighted by Crippen LogP contribution is 2.21. The first-order chi connectivity index (χ1) is 15.4. The fourth-order valence-electron chi connectivity index (χ4n) is 3.45. The van der Waals surface area contributed by atoms with Crippen molar-refractivity contribution in [3.8, 4) is 0 Å². The van der Waals surface area contributed by atoms with E-state index >= 15 is 0 Å². The number of amides is 2. The van der Waals surface area contributed by atoms with E-state index in [9.17, 15) is 18.4 Å². The Labute approximate surface area is 182 Å². The number of anilines is 1. The summed E-state index contributed by atoms with van der Waals surface area (Å²) in [4.78, 5) is 25.8. The lowest BCUT2D eigenvalue weighted by Gasteiger charge is -2.23. The topological polar surface area (TPSA) is 94.1 Å². The molecule has 0 saturated heterocycles. The van der Waals surface area contributed by atoms with Crippen molar-refractivity contribution in [2.45, 2.75) is 19.5 Å². The maximum Gasteiger partial charge on any atom is 0.249 e. The van der Waals surface area contributed by atoms with Gasteiger partial charge in [-0.05, 0) is 47.5 Å². The molecule has 0 aliphatic carbocycles. The van der Waals surface area contributed by atoms with Gasteiger partial charge < -0.3 is 10.6 Å². The van der Waals surface area contributed by atoms with Crippen molar-refractivity contribution in [1.82, 2.24) is 15.0 Å². The number of benzene rings is 3. The summed E-state index contributed by atoms with van der Waals surface area (Å²) in [6, 6.07) is 17.0. The van der Waals surface area contributed by atoms with Crippen molar-refractivity contribution in [3.63, 3.8) is 0 Å². The van der Waals surface area contributed by atoms with Gasteiger partial charge in [0.05, 0.1) is 18.5 Å². The fraction of sp³-hybridized carbons (Fsp3) is 0.130. The lowest BCUT2D eigenvalue weighted by Crippen LogP contribution is -2.33. The number of hydrogen-bond acceptors (Lipinski definition) is 4. The van der Waals surface area contributed by atoms with Gasteiger partial charge in [0.2, 0.25) is 11.8 Å². The third kappa shape index (κ3) is 4.77. The number of carbonyl (C=O) groups excluding carboxylic acids is 2. The lowest BCUT2D eigenvalue weighted by atomic mass is 10.1. The first-order valence-electron chi connectivity index (χ1n) is 9.80. The molecule has 0 unspecified atom stereocenters. The van der Waals surface area contributed by atoms with Gasteiger partial charge in [-0.1, -0.05) is 29.5 Å². The Morgan fingerprint density at radius 3 is 2.31 bits per heavy atom. The van der Waals surface area contributed by atoms with E-state index in [0.717, 1.165) is 6.07 Å². The highest BCUT2D eigenvalue weighted by molar-refractivity contribution is 5.94. The Balaban J connectivity index is 1.65. The molecular formula is C23H19F2N5O2. The van der Waals surface area contributed by atoms with Crippen molar-refractivity contribution >= 4 is 28.5 Å². The number of fused-ring (bicyclic) bond motifs is 1. The van der Waals surface area contributed by atoms with Crippen LogP contribution in [0.4, 0.5) is 14.5 Å². The molecule has 4 aromatic rings. The molecule has 2 amide bonds. The molecule has 0 aliphatic heterocycles. The minimum absolute atomic E-state index is 0.0602. The molecule has 0 atom stereocenters. The number of hydrogen-bond donors (Lipinski definition) is 1. The molecule has 0 bridgehead atoms. The Morgan fingerprint density at radius 2 is 1.62 bits per heavy atom. The molecule has 7 nitrogen and oxygen atoms in total. The number of nitrogens with zero attached hydrogens (tertiary/aromatic N) is 4. The van der Waals surface area contributed by atoms with Gasteiger partial charge in [-0.2, -0.15) is 0 Å². The van der Waals surface area contributed by atoms with Gasteiger partial charge in [0.15, 0.2) is 0 Å². The molecule has 0 aliphatic rings. The molecule has 1 aromatic heterocycles. The van der Waals surface area contributed by atoms with Gasteiger partial charge in [0.25, 0.3) is 0 Å². The Hall–Kier alpha value is -4.14. The van der Waals surface area contributed by atoms with Crippen molar-refractivity contribution in [2.24, 2.45) is 5.73 Å². The van der Waals surface area contributed by atoms with Gasteiger partial charge >= 0.3 is 0 Å². The first kappa shape index (κ1) is 21.1. The van der Waals surface area contributed by atoms with Crippen LogP contribution in [-0.4, -0.2) is 26.8 Å². The smallest absolute Gasteiger partial charge is 0.249 e. The van der Waals surface area contributed by atoms with Crippen LogP contribution in [0.2, 0.25) is 0 Å². The molecule has 9 heteroatoms. The van der Waals surface area contributed by atoms with Crippen molar-refractivity contribution in [1.29, 1.82) is 0 Å². The summed E-state index contributed by atoms with van der Waals surface area (Å²) in [7, 11) is 0. The monoisotopic (exact) mass is 435 g/mol. The third-order valence-electron chi connectivity index (χ3n) is 4.90. The molecule has 0 spiro atoms. The van der Waals surface area contributed by atoms with Gasteiger partial charge in [-0.25, -0.2) is 13.5 Å². The molecule has 0 saturated carbocycles. The number of rotatable bonds is 7. The largest absolute Gasteiger partial charge is 0.369 e. The van der Waals surface area contributed by atoms with E-state index in [1.807, 2.05) is 12.1 Å². The first-order valence-corrected chi connectivity index (χ1v) is 9.80. The maximum absolute atomic E-state index is 13.7. The van der Waals surface area contributed by atoms with Crippen molar-refractivity contribution < 1.29 is 18.4 Å². The van der Waals surface area contributed by atoms with Gasteiger partial charge in [-0.3, -0.25) is 9.59 Å². The van der Waals surface area contributed by atoms with Crippen LogP contribution >= 0.6 is 0 Å². The highest BCUT2D eigenvalue weighted by Gasteiger charge is 2.19. The quantitative estimate of drug-likeness (QED) is 0.483. The number of para-hydroxylation sites is 1. The third-order valence-corrected chi connectivity index (χ3v) is 4.90. The average Bonchev–Trinajstić information content (AvgIpc) is 3.14. The van der Waals surface area contributed by atoms with Gasteiger partial charge in [-0.15, -0.1) is 5.10 Å². The summed E-state index contributed by atoms with van der Waals surface area (Å²) in [5, 5.41) is 8.09. The molecule has 4 rings (SSSR count). The van der Waals surface area contributed by atoms with E-state index in [-0.39, 0.29) is 25.4 Å². The van der Waals surface area contributed by atoms with Crippen LogP contribution in [0.15, 0.2) is 66.7 Å². The molecule has 0 radical (unpaired) electrons. The summed E-state index contributed by atoms with van der Waals surface area (Å²) in [6.07, 6.45) is 0.0638. The van der Waals surface area contributed by atoms with E-state index < -0.39 is 17.5 Å². The SMILES string of the molecule is NC(=O)Cc1ccc(N(Cc2cc(F)cc(F)c2)C(=O)Cn2nnc3ccccc32)cc1. The normalized spacial score (nSPS) is 10.9. The second-order valence-electron chi connectivity index (χ2n) is 7.30. The van der Waals surface area contributed by atoms with Crippen LogP contribution in [0.25, 0.3) is 11.0 Å². The van der Waals surface area contributed by atoms with Crippen molar-refractivity contribution in [3.05, 3.63) is 89.5 Å². The minimum Gasteiger partial charge on any atom is -0.369 e. The van der Waals surface area contributed by atoms with Crippen LogP contribution in [0.5, 0.6) is 0 Å². The second-order valence-corrected chi connectivity index (χ2v) is 7.30. The van der Waals surface area contributed by atoms with E-state index in [1.165, 1.54) is 21.7 Å². The molecule has 32 heavy (non-hydrogen) atoms. The zero-order valence-electron chi connectivity index (χ0n) is 16.9. The van der Waals surface area contributed by atoms with Crippen LogP contribution < -0.4 is 10.6 Å². The van der Waals surface area contributed by atoms with E-state index in [0.29, 0.717) is 27.8 Å². The van der Waals surface area contributed by atoms with Gasteiger partial charge in [0, 0.05) is 11.8 Å². The fourth-order valence-corrected chi connectivity index (χ4v) is 3.45. The Bertz CT molecular complexity index is 1270. The van der Waals surface area contributed by atoms with Crippen LogP contribution in [0.3, 0.4) is 0 Å². The summed E-state index contributed by atoms with van der Waals surface area (Å²) in [5.41, 5.74) is 8.05. The minimum atomic E-state index is -0.730. The number of nitrogens with two attached hydrogens (primary N) is 1. The summed E-state index contributed by atoms with van der Waals surface area (Å²) in [5.74, 6) is -2.29. The number of carbonyl (C=O) groups is 2. The standard InChI is InChI=1S/C23H19F2N5O2/c24-17-9-16(10-18(25)12-17)13-29(19-7-5-15(6-8-19)11-22(26)31)23(32)14-30-21-4-2-1-3-20(21)27-28-30/h1-10,12H,11,13-14H2,(H2,26,31). The molecule has 3 aromatic carbocycles. The zero-order chi connectivity index (χ0) is 22.7. The predicted molar refractivity (Wildman–Crippen MR) is 114 cm³/mol. The van der Waals surface area contributed by atoms with Crippen LogP contribution in [0, 0.1) is 11.6 Å².